The number of halogens is 3. The first-order valence-electron chi connectivity index (χ1n) is 10.7. The van der Waals surface area contributed by atoms with Crippen LogP contribution in [0, 0.1) is 6.92 Å². The molecular weight excluding hydrogens is 403 g/mol. The van der Waals surface area contributed by atoms with Crippen LogP contribution in [0.1, 0.15) is 61.5 Å². The molecule has 1 aromatic heterocycles. The van der Waals surface area contributed by atoms with Gasteiger partial charge in [-0.3, -0.25) is 0 Å². The van der Waals surface area contributed by atoms with Gasteiger partial charge in [-0.2, -0.15) is 17.9 Å². The fraction of sp³-hybridized carbons (Fsp3) is 0.435. The smallest absolute Gasteiger partial charge is 0.373 e. The van der Waals surface area contributed by atoms with Crippen molar-refractivity contribution in [1.29, 1.82) is 0 Å². The van der Waals surface area contributed by atoms with E-state index in [0.717, 1.165) is 67.5 Å². The molecule has 0 saturated heterocycles. The molecule has 8 heteroatoms. The second-order valence-electron chi connectivity index (χ2n) is 8.20. The van der Waals surface area contributed by atoms with Gasteiger partial charge in [0.05, 0.1) is 16.8 Å². The van der Waals surface area contributed by atoms with Gasteiger partial charge in [0.15, 0.2) is 5.82 Å². The first-order chi connectivity index (χ1) is 14.8. The lowest BCUT2D eigenvalue weighted by atomic mass is 9.80. The van der Waals surface area contributed by atoms with E-state index in [9.17, 15) is 13.2 Å². The molecule has 0 radical (unpaired) electrons. The zero-order chi connectivity index (χ0) is 22.1. The topological polar surface area (TPSA) is 55.6 Å². The molecule has 1 aliphatic rings. The summed E-state index contributed by atoms with van der Waals surface area (Å²) in [4.78, 5) is 0. The summed E-state index contributed by atoms with van der Waals surface area (Å²) in [6, 6.07) is 11.4. The Morgan fingerprint density at radius 1 is 1.06 bits per heavy atom. The van der Waals surface area contributed by atoms with Crippen LogP contribution in [0.2, 0.25) is 0 Å². The van der Waals surface area contributed by atoms with Gasteiger partial charge in [-0.05, 0) is 65.9 Å². The van der Waals surface area contributed by atoms with Gasteiger partial charge in [-0.15, -0.1) is 5.10 Å². The molecule has 0 bridgehead atoms. The molecule has 5 nitrogen and oxygen atoms in total. The van der Waals surface area contributed by atoms with Crippen LogP contribution in [0.5, 0.6) is 0 Å². The number of nitrogens with zero attached hydrogens (tertiary/aromatic N) is 4. The predicted molar refractivity (Wildman–Crippen MR) is 113 cm³/mol. The van der Waals surface area contributed by atoms with Crippen molar-refractivity contribution < 1.29 is 13.2 Å². The molecule has 0 spiro atoms. The molecule has 4 rings (SSSR count). The van der Waals surface area contributed by atoms with Crippen molar-refractivity contribution in [2.75, 3.05) is 5.32 Å². The van der Waals surface area contributed by atoms with Crippen LogP contribution in [-0.4, -0.2) is 20.2 Å². The Hall–Kier alpha value is -2.90. The summed E-state index contributed by atoms with van der Waals surface area (Å²) >= 11 is 0. The van der Waals surface area contributed by atoms with E-state index >= 15 is 0 Å². The minimum absolute atomic E-state index is 0.423. The molecule has 0 amide bonds. The number of aryl methyl sites for hydroxylation is 2. The quantitative estimate of drug-likeness (QED) is 0.555. The van der Waals surface area contributed by atoms with Crippen molar-refractivity contribution in [3.63, 3.8) is 0 Å². The van der Waals surface area contributed by atoms with Crippen molar-refractivity contribution in [1.82, 2.24) is 20.2 Å². The number of benzene rings is 2. The normalized spacial score (nSPS) is 16.3. The fourth-order valence-corrected chi connectivity index (χ4v) is 4.55. The number of para-hydroxylation sites is 1. The Balaban J connectivity index is 1.81. The highest BCUT2D eigenvalue weighted by Crippen LogP contribution is 2.41. The van der Waals surface area contributed by atoms with E-state index in [0.29, 0.717) is 11.5 Å². The third-order valence-corrected chi connectivity index (χ3v) is 6.09. The molecule has 3 aromatic rings. The third kappa shape index (κ3) is 4.16. The number of tetrazole rings is 1. The van der Waals surface area contributed by atoms with Gasteiger partial charge in [-0.25, -0.2) is 0 Å². The van der Waals surface area contributed by atoms with Crippen LogP contribution in [0.25, 0.3) is 5.69 Å². The zero-order valence-corrected chi connectivity index (χ0v) is 17.7. The Bertz CT molecular complexity index is 1050. The molecule has 1 saturated carbocycles. The van der Waals surface area contributed by atoms with Gasteiger partial charge in [0.1, 0.15) is 0 Å². The molecule has 1 N–H and O–H groups in total. The van der Waals surface area contributed by atoms with Crippen molar-refractivity contribution >= 4 is 5.69 Å². The Morgan fingerprint density at radius 2 is 1.81 bits per heavy atom. The van der Waals surface area contributed by atoms with Crippen molar-refractivity contribution in [2.45, 2.75) is 64.1 Å². The molecule has 1 aliphatic carbocycles. The lowest BCUT2D eigenvalue weighted by molar-refractivity contribution is -0.137. The molecule has 0 atom stereocenters. The minimum Gasteiger partial charge on any atom is -0.373 e. The first kappa shape index (κ1) is 21.3. The van der Waals surface area contributed by atoms with E-state index in [1.54, 1.807) is 10.7 Å². The SMILES string of the molecule is CCc1cccc(C)c1-n1nnnc1C1(Nc2cccc(C(F)(F)F)c2)CCCCC1. The Kier molecular flexibility index (Phi) is 5.73. The van der Waals surface area contributed by atoms with Crippen LogP contribution < -0.4 is 5.32 Å². The van der Waals surface area contributed by atoms with Gasteiger partial charge < -0.3 is 5.32 Å². The molecule has 1 heterocycles. The van der Waals surface area contributed by atoms with Gasteiger partial charge in [-0.1, -0.05) is 50.5 Å². The monoisotopic (exact) mass is 429 g/mol. The van der Waals surface area contributed by atoms with Gasteiger partial charge >= 0.3 is 6.18 Å². The van der Waals surface area contributed by atoms with Gasteiger partial charge in [0.25, 0.3) is 0 Å². The van der Waals surface area contributed by atoms with Crippen LogP contribution >= 0.6 is 0 Å². The molecule has 1 fully saturated rings. The van der Waals surface area contributed by atoms with E-state index < -0.39 is 17.3 Å². The van der Waals surface area contributed by atoms with Crippen LogP contribution in [0.15, 0.2) is 42.5 Å². The molecule has 0 aliphatic heterocycles. The average Bonchev–Trinajstić information content (AvgIpc) is 3.24. The second kappa shape index (κ2) is 8.32. The van der Waals surface area contributed by atoms with Crippen molar-refractivity contribution in [3.8, 4) is 5.69 Å². The Morgan fingerprint density at radius 3 is 2.52 bits per heavy atom. The third-order valence-electron chi connectivity index (χ3n) is 6.09. The van der Waals surface area contributed by atoms with Crippen molar-refractivity contribution in [2.24, 2.45) is 0 Å². The highest BCUT2D eigenvalue weighted by Gasteiger charge is 2.40. The van der Waals surface area contributed by atoms with E-state index in [1.165, 1.54) is 6.07 Å². The molecule has 164 valence electrons. The van der Waals surface area contributed by atoms with E-state index in [2.05, 4.69) is 33.8 Å². The standard InChI is InChI=1S/C23H26F3N5/c1-3-17-10-7-9-16(2)20(17)31-21(28-29-30-31)22(13-5-4-6-14-22)27-19-12-8-11-18(15-19)23(24,25)26/h7-12,15,27H,3-6,13-14H2,1-2H3. The maximum absolute atomic E-state index is 13.3. The summed E-state index contributed by atoms with van der Waals surface area (Å²) < 4.78 is 41.6. The van der Waals surface area contributed by atoms with Crippen molar-refractivity contribution in [3.05, 3.63) is 65.0 Å². The number of hydrogen-bond donors (Lipinski definition) is 1. The summed E-state index contributed by atoms with van der Waals surface area (Å²) in [6.07, 6.45) is 0.910. The largest absolute Gasteiger partial charge is 0.416 e. The van der Waals surface area contributed by atoms with Crippen LogP contribution in [0.3, 0.4) is 0 Å². The number of nitrogens with one attached hydrogen (secondary N) is 1. The number of alkyl halides is 3. The number of rotatable bonds is 5. The highest BCUT2D eigenvalue weighted by molar-refractivity contribution is 5.52. The first-order valence-corrected chi connectivity index (χ1v) is 10.7. The zero-order valence-electron chi connectivity index (χ0n) is 17.7. The lowest BCUT2D eigenvalue weighted by Crippen LogP contribution is -2.40. The number of anilines is 1. The second-order valence-corrected chi connectivity index (χ2v) is 8.20. The van der Waals surface area contributed by atoms with E-state index in [1.807, 2.05) is 19.1 Å². The predicted octanol–water partition coefficient (Wildman–Crippen LogP) is 5.82. The summed E-state index contributed by atoms with van der Waals surface area (Å²) in [5.74, 6) is 0.647. The van der Waals surface area contributed by atoms with E-state index in [4.69, 9.17) is 0 Å². The Labute approximate surface area is 179 Å². The summed E-state index contributed by atoms with van der Waals surface area (Å²) in [5, 5.41) is 16.1. The minimum atomic E-state index is -4.39. The number of hydrogen-bond acceptors (Lipinski definition) is 4. The average molecular weight is 429 g/mol. The maximum atomic E-state index is 13.3. The fourth-order valence-electron chi connectivity index (χ4n) is 4.55. The molecular formula is C23H26F3N5. The van der Waals surface area contributed by atoms with Crippen LogP contribution in [0.4, 0.5) is 18.9 Å². The molecule has 0 unspecified atom stereocenters. The molecule has 2 aromatic carbocycles. The highest BCUT2D eigenvalue weighted by atomic mass is 19.4. The maximum Gasteiger partial charge on any atom is 0.416 e. The van der Waals surface area contributed by atoms with E-state index in [-0.39, 0.29) is 0 Å². The number of aromatic nitrogens is 4. The molecule has 31 heavy (non-hydrogen) atoms. The summed E-state index contributed by atoms with van der Waals surface area (Å²) in [7, 11) is 0. The van der Waals surface area contributed by atoms with Crippen LogP contribution in [-0.2, 0) is 18.1 Å². The lowest BCUT2D eigenvalue weighted by Gasteiger charge is -2.38. The summed E-state index contributed by atoms with van der Waals surface area (Å²) in [5.41, 5.74) is 2.23. The van der Waals surface area contributed by atoms with Gasteiger partial charge in [0.2, 0.25) is 0 Å². The summed E-state index contributed by atoms with van der Waals surface area (Å²) in [6.45, 7) is 4.10. The van der Waals surface area contributed by atoms with Gasteiger partial charge in [0, 0.05) is 5.69 Å².